The Balaban J connectivity index is 1.45. The lowest BCUT2D eigenvalue weighted by molar-refractivity contribution is -0.274. The van der Waals surface area contributed by atoms with Crippen molar-refractivity contribution < 1.29 is 27.5 Å². The molecule has 1 fully saturated rings. The van der Waals surface area contributed by atoms with Gasteiger partial charge in [0.15, 0.2) is 5.82 Å². The van der Waals surface area contributed by atoms with Crippen LogP contribution in [-0.4, -0.2) is 46.6 Å². The Morgan fingerprint density at radius 3 is 2.32 bits per heavy atom. The van der Waals surface area contributed by atoms with Crippen LogP contribution in [0.25, 0.3) is 11.5 Å². The van der Waals surface area contributed by atoms with E-state index < -0.39 is 17.4 Å². The number of benzene rings is 3. The van der Waals surface area contributed by atoms with E-state index in [2.05, 4.69) is 19.8 Å². The van der Waals surface area contributed by atoms with Gasteiger partial charge >= 0.3 is 6.36 Å². The number of nitrogens with zero attached hydrogens (tertiary/aromatic N) is 3. The molecule has 1 aliphatic heterocycles. The molecule has 0 saturated carbocycles. The van der Waals surface area contributed by atoms with Crippen molar-refractivity contribution in [1.82, 2.24) is 15.0 Å². The minimum absolute atomic E-state index is 0.335. The second-order valence-electron chi connectivity index (χ2n) is 10.1. The first-order valence-electron chi connectivity index (χ1n) is 12.3. The molecule has 4 aromatic rings. The standard InChI is InChI=1S/C29H28F3N3O3/c1-27(18-35(2)19-27)28(36,22-12-14-24(15-13-22)37-29(30,31)32)23-10-6-9-21(17-23)26-33-25(34-38-26)16-11-20-7-4-3-5-8-20/h3-10,12-15,17,36H,11,16,18-19H2,1-2H3/t28-/m0/s1. The van der Waals surface area contributed by atoms with Gasteiger partial charge < -0.3 is 19.3 Å². The van der Waals surface area contributed by atoms with Gasteiger partial charge in [0.25, 0.3) is 5.89 Å². The number of alkyl halides is 3. The quantitative estimate of drug-likeness (QED) is 0.324. The van der Waals surface area contributed by atoms with Crippen LogP contribution in [0.4, 0.5) is 13.2 Å². The summed E-state index contributed by atoms with van der Waals surface area (Å²) in [5, 5.41) is 16.4. The van der Waals surface area contributed by atoms with Gasteiger partial charge in [0, 0.05) is 30.5 Å². The smallest absolute Gasteiger partial charge is 0.406 e. The summed E-state index contributed by atoms with van der Waals surface area (Å²) in [6, 6.07) is 22.7. The van der Waals surface area contributed by atoms with E-state index in [9.17, 15) is 18.3 Å². The van der Waals surface area contributed by atoms with E-state index in [4.69, 9.17) is 4.52 Å². The number of aromatic nitrogens is 2. The molecule has 0 spiro atoms. The molecule has 2 heterocycles. The number of halogens is 3. The Morgan fingerprint density at radius 2 is 1.66 bits per heavy atom. The SMILES string of the molecule is CN1CC(C)([C@](O)(c2ccc(OC(F)(F)F)cc2)c2cccc(-c3nc(CCc4ccccc4)no3)c2)C1. The number of likely N-dealkylation sites (tertiary alicyclic amines) is 1. The summed E-state index contributed by atoms with van der Waals surface area (Å²) < 4.78 is 47.6. The van der Waals surface area contributed by atoms with Gasteiger partial charge in [-0.25, -0.2) is 0 Å². The van der Waals surface area contributed by atoms with Crippen LogP contribution >= 0.6 is 0 Å². The average Bonchev–Trinajstić information content (AvgIpc) is 3.35. The maximum absolute atomic E-state index is 12.7. The van der Waals surface area contributed by atoms with Crippen LogP contribution in [0.15, 0.2) is 83.4 Å². The predicted octanol–water partition coefficient (Wildman–Crippen LogP) is 5.61. The van der Waals surface area contributed by atoms with E-state index in [1.807, 2.05) is 50.4 Å². The molecule has 0 amide bonds. The highest BCUT2D eigenvalue weighted by atomic mass is 19.4. The summed E-state index contributed by atoms with van der Waals surface area (Å²) in [6.45, 7) is 3.16. The van der Waals surface area contributed by atoms with E-state index in [1.54, 1.807) is 18.2 Å². The molecular formula is C29H28F3N3O3. The number of aliphatic hydroxyl groups is 1. The van der Waals surface area contributed by atoms with Gasteiger partial charge in [-0.2, -0.15) is 4.98 Å². The Labute approximate surface area is 218 Å². The summed E-state index contributed by atoms with van der Waals surface area (Å²) in [7, 11) is 1.95. The van der Waals surface area contributed by atoms with Gasteiger partial charge in [-0.15, -0.1) is 13.2 Å². The van der Waals surface area contributed by atoms with Crippen LogP contribution in [0, 0.1) is 5.41 Å². The Kier molecular flexibility index (Phi) is 6.75. The van der Waals surface area contributed by atoms with E-state index in [1.165, 1.54) is 29.8 Å². The second-order valence-corrected chi connectivity index (χ2v) is 10.1. The minimum atomic E-state index is -4.79. The van der Waals surface area contributed by atoms with Crippen molar-refractivity contribution in [3.8, 4) is 17.2 Å². The maximum Gasteiger partial charge on any atom is 0.573 e. The molecule has 0 radical (unpaired) electrons. The zero-order valence-electron chi connectivity index (χ0n) is 21.1. The lowest BCUT2D eigenvalue weighted by Crippen LogP contribution is -2.63. The first kappa shape index (κ1) is 25.9. The topological polar surface area (TPSA) is 71.6 Å². The van der Waals surface area contributed by atoms with Crippen molar-refractivity contribution in [2.24, 2.45) is 5.41 Å². The van der Waals surface area contributed by atoms with Crippen LogP contribution in [0.5, 0.6) is 5.75 Å². The van der Waals surface area contributed by atoms with Gasteiger partial charge in [-0.05, 0) is 54.4 Å². The van der Waals surface area contributed by atoms with E-state index in [0.29, 0.717) is 47.9 Å². The average molecular weight is 524 g/mol. The fourth-order valence-electron chi connectivity index (χ4n) is 5.39. The van der Waals surface area contributed by atoms with Gasteiger partial charge in [0.05, 0.1) is 0 Å². The molecule has 0 bridgehead atoms. The zero-order valence-corrected chi connectivity index (χ0v) is 21.1. The summed E-state index contributed by atoms with van der Waals surface area (Å²) in [4.78, 5) is 6.63. The van der Waals surface area contributed by atoms with Gasteiger partial charge in [-0.3, -0.25) is 0 Å². The molecule has 1 atom stereocenters. The van der Waals surface area contributed by atoms with Gasteiger partial charge in [-0.1, -0.05) is 66.7 Å². The zero-order chi connectivity index (χ0) is 27.0. The molecule has 5 rings (SSSR count). The first-order valence-corrected chi connectivity index (χ1v) is 12.3. The van der Waals surface area contributed by atoms with E-state index >= 15 is 0 Å². The third-order valence-electron chi connectivity index (χ3n) is 7.09. The van der Waals surface area contributed by atoms with Crippen LogP contribution < -0.4 is 4.74 Å². The first-order chi connectivity index (χ1) is 18.1. The largest absolute Gasteiger partial charge is 0.573 e. The van der Waals surface area contributed by atoms with Crippen molar-refractivity contribution in [2.75, 3.05) is 20.1 Å². The van der Waals surface area contributed by atoms with Crippen molar-refractivity contribution in [3.63, 3.8) is 0 Å². The highest BCUT2D eigenvalue weighted by Crippen LogP contribution is 2.50. The van der Waals surface area contributed by atoms with Gasteiger partial charge in [0.1, 0.15) is 11.4 Å². The van der Waals surface area contributed by atoms with Crippen molar-refractivity contribution >= 4 is 0 Å². The fourth-order valence-corrected chi connectivity index (χ4v) is 5.39. The molecule has 0 unspecified atom stereocenters. The fraction of sp³-hybridized carbons (Fsp3) is 0.310. The summed E-state index contributed by atoms with van der Waals surface area (Å²) in [5.41, 5.74) is 0.780. The van der Waals surface area contributed by atoms with Gasteiger partial charge in [0.2, 0.25) is 0 Å². The molecule has 9 heteroatoms. The normalized spacial score (nSPS) is 17.0. The number of aryl methyl sites for hydroxylation is 2. The third kappa shape index (κ3) is 5.16. The summed E-state index contributed by atoms with van der Waals surface area (Å²) >= 11 is 0. The van der Waals surface area contributed by atoms with Crippen LogP contribution in [-0.2, 0) is 18.4 Å². The molecule has 6 nitrogen and oxygen atoms in total. The lowest BCUT2D eigenvalue weighted by atomic mass is 9.62. The molecule has 1 aliphatic rings. The van der Waals surface area contributed by atoms with Crippen molar-refractivity contribution in [2.45, 2.75) is 31.7 Å². The van der Waals surface area contributed by atoms with Crippen LogP contribution in [0.2, 0.25) is 0 Å². The lowest BCUT2D eigenvalue weighted by Gasteiger charge is -2.56. The summed E-state index contributed by atoms with van der Waals surface area (Å²) in [6.07, 6.45) is -3.40. The second kappa shape index (κ2) is 9.89. The number of rotatable bonds is 8. The molecule has 1 saturated heterocycles. The summed E-state index contributed by atoms with van der Waals surface area (Å²) in [5.74, 6) is 0.571. The molecule has 198 valence electrons. The highest BCUT2D eigenvalue weighted by Gasteiger charge is 2.55. The highest BCUT2D eigenvalue weighted by molar-refractivity contribution is 5.57. The Morgan fingerprint density at radius 1 is 0.947 bits per heavy atom. The maximum atomic E-state index is 12.7. The molecule has 0 aliphatic carbocycles. The van der Waals surface area contributed by atoms with Crippen molar-refractivity contribution in [3.05, 3.63) is 101 Å². The Bertz CT molecular complexity index is 1380. The molecule has 3 aromatic carbocycles. The van der Waals surface area contributed by atoms with Crippen LogP contribution in [0.3, 0.4) is 0 Å². The molecule has 1 aromatic heterocycles. The number of hydrogen-bond donors (Lipinski definition) is 1. The minimum Gasteiger partial charge on any atom is -0.406 e. The molecular weight excluding hydrogens is 495 g/mol. The number of ether oxygens (including phenoxy) is 1. The monoisotopic (exact) mass is 523 g/mol. The van der Waals surface area contributed by atoms with Crippen molar-refractivity contribution in [1.29, 1.82) is 0 Å². The third-order valence-corrected chi connectivity index (χ3v) is 7.09. The molecule has 1 N–H and O–H groups in total. The Hall–Kier alpha value is -3.69. The van der Waals surface area contributed by atoms with E-state index in [-0.39, 0.29) is 5.75 Å². The van der Waals surface area contributed by atoms with E-state index in [0.717, 1.165) is 6.42 Å². The number of hydrogen-bond acceptors (Lipinski definition) is 6. The van der Waals surface area contributed by atoms with Crippen LogP contribution in [0.1, 0.15) is 29.4 Å². The molecule has 38 heavy (non-hydrogen) atoms. The predicted molar refractivity (Wildman–Crippen MR) is 135 cm³/mol.